The largest absolute Gasteiger partial charge is 0.465 e. The number of carbonyl (C=O) groups excluding carboxylic acids is 3. The van der Waals surface area contributed by atoms with Crippen LogP contribution in [0.1, 0.15) is 167 Å². The van der Waals surface area contributed by atoms with Crippen LogP contribution >= 0.6 is 0 Å². The Morgan fingerprint density at radius 3 is 2.15 bits per heavy atom. The fourth-order valence-electron chi connectivity index (χ4n) is 15.0. The highest BCUT2D eigenvalue weighted by Gasteiger charge is 2.72. The first-order chi connectivity index (χ1) is 33.4. The lowest BCUT2D eigenvalue weighted by Gasteiger charge is -2.72. The Hall–Kier alpha value is -3.17. The maximum absolute atomic E-state index is 14.6. The highest BCUT2D eigenvalue weighted by molar-refractivity contribution is 5.89. The van der Waals surface area contributed by atoms with Crippen molar-refractivity contribution in [2.45, 2.75) is 221 Å². The summed E-state index contributed by atoms with van der Waals surface area (Å²) in [7, 11) is 0. The first-order valence-corrected chi connectivity index (χ1v) is 27.0. The van der Waals surface area contributed by atoms with Gasteiger partial charge in [-0.2, -0.15) is 0 Å². The van der Waals surface area contributed by atoms with Crippen molar-refractivity contribution in [1.29, 1.82) is 0 Å². The van der Waals surface area contributed by atoms with Gasteiger partial charge in [-0.1, -0.05) is 91.3 Å². The lowest BCUT2D eigenvalue weighted by molar-refractivity contribution is -0.314. The quantitative estimate of drug-likeness (QED) is 0.0401. The van der Waals surface area contributed by atoms with Crippen LogP contribution in [0.15, 0.2) is 60.3 Å². The van der Waals surface area contributed by atoms with Crippen molar-refractivity contribution in [1.82, 2.24) is 0 Å². The van der Waals surface area contributed by atoms with E-state index in [4.69, 9.17) is 23.7 Å². The lowest BCUT2D eigenvalue weighted by Crippen LogP contribution is -2.68. The number of esters is 3. The summed E-state index contributed by atoms with van der Waals surface area (Å²) in [5.74, 6) is -0.528. The Morgan fingerprint density at radius 1 is 0.861 bits per heavy atom. The Balaban J connectivity index is 1.15. The molecule has 72 heavy (non-hydrogen) atoms. The SMILES string of the molecule is C=CC(C)(O)CC/C=C(\C)C(=O)OC1C(C)OC(O[C@](C)(C=C)CC/C=C(\CO)C(=O)OC2CC3(C(=O)OCC)C(O)CC4(C)C(=CCC5C6(C)CCC(C)C(C)(C)C6CCC54C)C3CC2(C)C)C(O)C1O. The summed E-state index contributed by atoms with van der Waals surface area (Å²) in [6.45, 7) is 34.2. The number of fused-ring (bicyclic) bond motifs is 7. The molecule has 13 heteroatoms. The van der Waals surface area contributed by atoms with E-state index in [1.807, 2.05) is 0 Å². The van der Waals surface area contributed by atoms with E-state index >= 15 is 0 Å². The van der Waals surface area contributed by atoms with E-state index in [9.17, 15) is 39.9 Å². The Labute approximate surface area is 430 Å². The molecule has 5 fully saturated rings. The van der Waals surface area contributed by atoms with Crippen LogP contribution in [0.25, 0.3) is 0 Å². The van der Waals surface area contributed by atoms with Crippen molar-refractivity contribution in [2.24, 2.45) is 56.2 Å². The van der Waals surface area contributed by atoms with Crippen LogP contribution in [-0.2, 0) is 38.1 Å². The average molecular weight is 1010 g/mol. The molecule has 0 aromatic heterocycles. The molecule has 17 atom stereocenters. The normalized spacial score (nSPS) is 41.0. The minimum Gasteiger partial charge on any atom is -0.465 e. The zero-order valence-electron chi connectivity index (χ0n) is 46.1. The van der Waals surface area contributed by atoms with Gasteiger partial charge in [0.15, 0.2) is 12.4 Å². The van der Waals surface area contributed by atoms with Gasteiger partial charge in [-0.3, -0.25) is 4.79 Å². The summed E-state index contributed by atoms with van der Waals surface area (Å²) in [4.78, 5) is 41.7. The van der Waals surface area contributed by atoms with Gasteiger partial charge in [-0.05, 0) is 151 Å². The Kier molecular flexibility index (Phi) is 17.0. The van der Waals surface area contributed by atoms with Crippen LogP contribution in [0, 0.1) is 56.2 Å². The van der Waals surface area contributed by atoms with Gasteiger partial charge in [0.05, 0.1) is 42.2 Å². The van der Waals surface area contributed by atoms with Gasteiger partial charge in [0.25, 0.3) is 0 Å². The smallest absolute Gasteiger partial charge is 0.336 e. The van der Waals surface area contributed by atoms with Gasteiger partial charge in [-0.15, -0.1) is 13.2 Å². The summed E-state index contributed by atoms with van der Waals surface area (Å²) in [6, 6.07) is 0. The predicted octanol–water partition coefficient (Wildman–Crippen LogP) is 9.18. The van der Waals surface area contributed by atoms with Crippen LogP contribution in [-0.4, -0.2) is 111 Å². The third-order valence-corrected chi connectivity index (χ3v) is 20.5. The number of aliphatic hydroxyl groups excluding tert-OH is 4. The van der Waals surface area contributed by atoms with Crippen LogP contribution in [0.2, 0.25) is 0 Å². The second-order valence-corrected chi connectivity index (χ2v) is 25.5. The van der Waals surface area contributed by atoms with E-state index < -0.39 is 89.5 Å². The van der Waals surface area contributed by atoms with Crippen molar-refractivity contribution >= 4 is 17.9 Å². The van der Waals surface area contributed by atoms with Crippen molar-refractivity contribution in [3.8, 4) is 0 Å². The molecule has 0 amide bonds. The minimum atomic E-state index is -1.61. The maximum atomic E-state index is 14.6. The number of hydrogen-bond acceptors (Lipinski definition) is 13. The monoisotopic (exact) mass is 1010 g/mol. The summed E-state index contributed by atoms with van der Waals surface area (Å²) in [5.41, 5.74) is -2.77. The van der Waals surface area contributed by atoms with E-state index in [1.54, 1.807) is 46.8 Å². The molecule has 4 saturated carbocycles. The molecular formula is C59H92O13. The van der Waals surface area contributed by atoms with Crippen LogP contribution in [0.5, 0.6) is 0 Å². The molecule has 5 N–H and O–H groups in total. The second kappa shape index (κ2) is 21.1. The summed E-state index contributed by atoms with van der Waals surface area (Å²) >= 11 is 0. The molecule has 0 aromatic rings. The molecule has 1 aliphatic heterocycles. The highest BCUT2D eigenvalue weighted by atomic mass is 16.7. The standard InChI is InChI=1S/C59H92O13/c1-16-54(11,67)27-19-21-35(4)48(64)71-47-37(6)69-50(46(63)45(47)62)72-55(12,17-2)28-20-22-38(34-60)49(65)70-44-33-59(51(66)68-18-3)40(31-52(44,7)8)39-23-24-42-56(13)29-25-36(5)53(9,10)41(56)26-30-57(42,14)58(39,15)32-43(59)61/h16-17,21-23,36-37,40-47,50,60-63,67H,1-2,18-20,24-34H2,3-15H3/b35-21+,38-22+/t36?,37?,40?,41?,42?,43?,44?,45?,46?,47?,50?,54?,55-,56?,57?,58?,59?/m1/s1. The van der Waals surface area contributed by atoms with Gasteiger partial charge >= 0.3 is 17.9 Å². The highest BCUT2D eigenvalue weighted by Crippen LogP contribution is 2.76. The first-order valence-electron chi connectivity index (χ1n) is 27.0. The topological polar surface area (TPSA) is 199 Å². The van der Waals surface area contributed by atoms with Gasteiger partial charge in [0.2, 0.25) is 0 Å². The number of allylic oxidation sites excluding steroid dienone is 4. The Morgan fingerprint density at radius 2 is 1.53 bits per heavy atom. The third kappa shape index (κ3) is 10.3. The van der Waals surface area contributed by atoms with Crippen LogP contribution in [0.4, 0.5) is 0 Å². The molecule has 1 saturated heterocycles. The lowest BCUT2D eigenvalue weighted by atomic mass is 9.33. The molecule has 0 spiro atoms. The molecule has 13 nitrogen and oxygen atoms in total. The van der Waals surface area contributed by atoms with Crippen molar-refractivity contribution in [2.75, 3.05) is 13.2 Å². The minimum absolute atomic E-state index is 0.0118. The van der Waals surface area contributed by atoms with E-state index in [2.05, 4.69) is 74.6 Å². The van der Waals surface area contributed by atoms with Gasteiger partial charge in [-0.25, -0.2) is 9.59 Å². The molecule has 0 radical (unpaired) electrons. The first kappa shape index (κ1) is 58.1. The van der Waals surface area contributed by atoms with Gasteiger partial charge in [0.1, 0.15) is 23.7 Å². The maximum Gasteiger partial charge on any atom is 0.336 e. The molecule has 1 heterocycles. The summed E-state index contributed by atoms with van der Waals surface area (Å²) in [5, 5.41) is 55.8. The predicted molar refractivity (Wildman–Crippen MR) is 276 cm³/mol. The molecule has 6 aliphatic rings. The van der Waals surface area contributed by atoms with Crippen molar-refractivity contribution in [3.05, 3.63) is 60.3 Å². The van der Waals surface area contributed by atoms with E-state index in [0.717, 1.165) is 19.3 Å². The van der Waals surface area contributed by atoms with Gasteiger partial charge in [0, 0.05) is 17.4 Å². The van der Waals surface area contributed by atoms with E-state index in [-0.39, 0.29) is 64.6 Å². The number of ether oxygens (including phenoxy) is 5. The molecule has 6 rings (SSSR count). The second-order valence-electron chi connectivity index (χ2n) is 25.5. The van der Waals surface area contributed by atoms with Gasteiger partial charge < -0.3 is 49.2 Å². The number of aliphatic hydroxyl groups is 5. The van der Waals surface area contributed by atoms with E-state index in [0.29, 0.717) is 43.4 Å². The number of hydrogen-bond donors (Lipinski definition) is 5. The summed E-state index contributed by atoms with van der Waals surface area (Å²) < 4.78 is 30.0. The number of carbonyl (C=O) groups is 3. The van der Waals surface area contributed by atoms with E-state index in [1.165, 1.54) is 30.6 Å². The van der Waals surface area contributed by atoms with Crippen molar-refractivity contribution < 1.29 is 63.6 Å². The van der Waals surface area contributed by atoms with Crippen LogP contribution < -0.4 is 0 Å². The zero-order valence-corrected chi connectivity index (χ0v) is 46.1. The molecule has 5 aliphatic carbocycles. The molecule has 0 aromatic carbocycles. The zero-order chi connectivity index (χ0) is 53.8. The summed E-state index contributed by atoms with van der Waals surface area (Å²) in [6.07, 6.45) is 7.81. The molecule has 406 valence electrons. The average Bonchev–Trinajstić information content (AvgIpc) is 3.30. The van der Waals surface area contributed by atoms with Crippen LogP contribution in [0.3, 0.4) is 0 Å². The molecule has 16 unspecified atom stereocenters. The Bertz CT molecular complexity index is 2140. The number of rotatable bonds is 17. The fraction of sp³-hybridized carbons (Fsp3) is 0.780. The fourth-order valence-corrected chi connectivity index (χ4v) is 15.0. The molecule has 0 bridgehead atoms. The molecular weight excluding hydrogens is 917 g/mol. The van der Waals surface area contributed by atoms with Crippen molar-refractivity contribution in [3.63, 3.8) is 0 Å². The third-order valence-electron chi connectivity index (χ3n) is 20.5.